The van der Waals surface area contributed by atoms with E-state index in [1.807, 2.05) is 19.1 Å². The van der Waals surface area contributed by atoms with Crippen LogP contribution in [0, 0.1) is 5.92 Å². The van der Waals surface area contributed by atoms with Gasteiger partial charge in [-0.25, -0.2) is 9.86 Å². The Balaban J connectivity index is 1.99. The molecule has 0 fully saturated rings. The van der Waals surface area contributed by atoms with E-state index in [9.17, 15) is 19.6 Å². The van der Waals surface area contributed by atoms with Gasteiger partial charge in [0.1, 0.15) is 0 Å². The lowest BCUT2D eigenvalue weighted by molar-refractivity contribution is -0.118. The Labute approximate surface area is 204 Å². The number of carbonyl (C=O) groups is 3. The van der Waals surface area contributed by atoms with E-state index in [-0.39, 0.29) is 30.7 Å². The summed E-state index contributed by atoms with van der Waals surface area (Å²) in [5, 5.41) is 13.1. The highest BCUT2D eigenvalue weighted by atomic mass is 16.5. The first-order valence-electron chi connectivity index (χ1n) is 11.5. The highest BCUT2D eigenvalue weighted by Crippen LogP contribution is 2.39. The number of anilines is 1. The quantitative estimate of drug-likeness (QED) is 0.349. The number of carbonyl (C=O) groups excluding carboxylic acids is 3. The number of rotatable bonds is 10. The number of primary amides is 1. The van der Waals surface area contributed by atoms with Gasteiger partial charge in [0.2, 0.25) is 5.91 Å². The third kappa shape index (κ3) is 5.65. The fraction of sp³-hybridized carbons (Fsp3) is 0.400. The third-order valence-corrected chi connectivity index (χ3v) is 5.87. The molecular weight excluding hydrogens is 452 g/mol. The average Bonchev–Trinajstić information content (AvgIpc) is 3.16. The smallest absolute Gasteiger partial charge is 0.338 e. The molecular formula is C25H32N4O6. The summed E-state index contributed by atoms with van der Waals surface area (Å²) < 4.78 is 11.1. The second kappa shape index (κ2) is 11.1. The number of nitrogens with zero attached hydrogens (tertiary/aromatic N) is 2. The summed E-state index contributed by atoms with van der Waals surface area (Å²) in [4.78, 5) is 39.0. The van der Waals surface area contributed by atoms with Crippen molar-refractivity contribution in [2.45, 2.75) is 39.8 Å². The minimum atomic E-state index is -0.983. The molecule has 0 saturated carbocycles. The number of hydrogen-bond acceptors (Lipinski definition) is 6. The van der Waals surface area contributed by atoms with Crippen LogP contribution in [0.25, 0.3) is 0 Å². The number of hydrogen-bond donors (Lipinski definition) is 3. The van der Waals surface area contributed by atoms with E-state index < -0.39 is 12.1 Å². The monoisotopic (exact) mass is 484 g/mol. The van der Waals surface area contributed by atoms with E-state index in [2.05, 4.69) is 5.32 Å². The van der Waals surface area contributed by atoms with Gasteiger partial charge in [-0.15, -0.1) is 0 Å². The number of nitrogens with one attached hydrogen (secondary N) is 1. The third-order valence-electron chi connectivity index (χ3n) is 5.87. The van der Waals surface area contributed by atoms with Crippen LogP contribution in [0.15, 0.2) is 36.4 Å². The Morgan fingerprint density at radius 2 is 1.97 bits per heavy atom. The topological polar surface area (TPSA) is 134 Å². The zero-order valence-electron chi connectivity index (χ0n) is 20.4. The van der Waals surface area contributed by atoms with Gasteiger partial charge in [-0.2, -0.15) is 0 Å². The average molecular weight is 485 g/mol. The fourth-order valence-corrected chi connectivity index (χ4v) is 4.04. The van der Waals surface area contributed by atoms with E-state index in [1.165, 1.54) is 0 Å². The highest BCUT2D eigenvalue weighted by molar-refractivity contribution is 6.07. The van der Waals surface area contributed by atoms with Crippen LogP contribution in [0.2, 0.25) is 0 Å². The SMILES string of the molecule is CCOc1cc(C(CCN(O)C(N)=O)N2Cc3cccc(NC(=O)C(C)C)c3C2=O)ccc1OC. The first-order chi connectivity index (χ1) is 16.7. The van der Waals surface area contributed by atoms with Crippen molar-refractivity contribution in [1.29, 1.82) is 0 Å². The van der Waals surface area contributed by atoms with Crippen molar-refractivity contribution in [2.75, 3.05) is 25.6 Å². The van der Waals surface area contributed by atoms with Crippen LogP contribution in [0.3, 0.4) is 0 Å². The molecule has 1 aliphatic rings. The van der Waals surface area contributed by atoms with Gasteiger partial charge in [-0.3, -0.25) is 14.8 Å². The summed E-state index contributed by atoms with van der Waals surface area (Å²) in [6.07, 6.45) is 0.213. The van der Waals surface area contributed by atoms with Crippen LogP contribution in [0.4, 0.5) is 10.5 Å². The maximum atomic E-state index is 13.6. The number of fused-ring (bicyclic) bond motifs is 1. The maximum Gasteiger partial charge on any atom is 0.338 e. The molecule has 0 spiro atoms. The van der Waals surface area contributed by atoms with Crippen LogP contribution < -0.4 is 20.5 Å². The number of hydroxylamine groups is 2. The first-order valence-corrected chi connectivity index (χ1v) is 11.5. The Hall–Kier alpha value is -3.79. The summed E-state index contributed by atoms with van der Waals surface area (Å²) in [6, 6.07) is 9.19. The number of methoxy groups -OCH3 is 1. The number of nitrogens with two attached hydrogens (primary N) is 1. The van der Waals surface area contributed by atoms with E-state index >= 15 is 0 Å². The molecule has 1 unspecified atom stereocenters. The number of benzene rings is 2. The second-order valence-electron chi connectivity index (χ2n) is 8.53. The summed E-state index contributed by atoms with van der Waals surface area (Å²) >= 11 is 0. The lowest BCUT2D eigenvalue weighted by atomic mass is 10.0. The fourth-order valence-electron chi connectivity index (χ4n) is 4.04. The summed E-state index contributed by atoms with van der Waals surface area (Å²) in [6.45, 7) is 6.04. The Morgan fingerprint density at radius 3 is 2.60 bits per heavy atom. The van der Waals surface area contributed by atoms with Crippen LogP contribution in [0.5, 0.6) is 11.5 Å². The predicted octanol–water partition coefficient (Wildman–Crippen LogP) is 3.55. The van der Waals surface area contributed by atoms with E-state index in [1.54, 1.807) is 50.1 Å². The molecule has 2 aromatic rings. The molecule has 0 radical (unpaired) electrons. The minimum Gasteiger partial charge on any atom is -0.493 e. The molecule has 1 aliphatic heterocycles. The molecule has 4 amide bonds. The van der Waals surface area contributed by atoms with E-state index in [0.717, 1.165) is 11.1 Å². The van der Waals surface area contributed by atoms with Crippen molar-refractivity contribution < 1.29 is 29.1 Å². The number of amides is 4. The van der Waals surface area contributed by atoms with Crippen LogP contribution in [0.1, 0.15) is 54.7 Å². The van der Waals surface area contributed by atoms with Crippen molar-refractivity contribution >= 4 is 23.5 Å². The molecule has 1 atom stereocenters. The molecule has 4 N–H and O–H groups in total. The number of urea groups is 1. The van der Waals surface area contributed by atoms with Gasteiger partial charge in [0.15, 0.2) is 11.5 Å². The maximum absolute atomic E-state index is 13.6. The molecule has 10 nitrogen and oxygen atoms in total. The molecule has 0 bridgehead atoms. The predicted molar refractivity (Wildman–Crippen MR) is 129 cm³/mol. The largest absolute Gasteiger partial charge is 0.493 e. The molecule has 35 heavy (non-hydrogen) atoms. The van der Waals surface area contributed by atoms with Crippen LogP contribution in [-0.4, -0.2) is 53.3 Å². The molecule has 0 aromatic heterocycles. The molecule has 0 aliphatic carbocycles. The van der Waals surface area contributed by atoms with Crippen LogP contribution >= 0.6 is 0 Å². The second-order valence-corrected chi connectivity index (χ2v) is 8.53. The normalized spacial score (nSPS) is 13.4. The van der Waals surface area contributed by atoms with E-state index in [0.29, 0.717) is 41.0 Å². The van der Waals surface area contributed by atoms with Gasteiger partial charge in [-0.1, -0.05) is 32.0 Å². The number of ether oxygens (including phenoxy) is 2. The van der Waals surface area contributed by atoms with Crippen LogP contribution in [-0.2, 0) is 11.3 Å². The van der Waals surface area contributed by atoms with Gasteiger partial charge in [0.05, 0.1) is 37.6 Å². The van der Waals surface area contributed by atoms with Crippen molar-refractivity contribution in [1.82, 2.24) is 9.96 Å². The summed E-state index contributed by atoms with van der Waals surface area (Å²) in [7, 11) is 1.54. The molecule has 0 saturated heterocycles. The first kappa shape index (κ1) is 25.8. The van der Waals surface area contributed by atoms with Gasteiger partial charge in [0, 0.05) is 12.5 Å². The molecule has 10 heteroatoms. The molecule has 1 heterocycles. The van der Waals surface area contributed by atoms with Crippen molar-refractivity contribution in [3.63, 3.8) is 0 Å². The van der Waals surface area contributed by atoms with Gasteiger partial charge in [-0.05, 0) is 42.7 Å². The molecule has 188 valence electrons. The van der Waals surface area contributed by atoms with Gasteiger partial charge in [0.25, 0.3) is 5.91 Å². The Bertz CT molecular complexity index is 1100. The Morgan fingerprint density at radius 1 is 1.23 bits per heavy atom. The van der Waals surface area contributed by atoms with E-state index in [4.69, 9.17) is 15.2 Å². The van der Waals surface area contributed by atoms with Crippen molar-refractivity contribution in [3.8, 4) is 11.5 Å². The summed E-state index contributed by atoms with van der Waals surface area (Å²) in [5.41, 5.74) is 7.58. The van der Waals surface area contributed by atoms with Gasteiger partial charge >= 0.3 is 6.03 Å². The summed E-state index contributed by atoms with van der Waals surface area (Å²) in [5.74, 6) is 0.371. The lowest BCUT2D eigenvalue weighted by Crippen LogP contribution is -2.37. The molecule has 3 rings (SSSR count). The van der Waals surface area contributed by atoms with Crippen molar-refractivity contribution in [2.24, 2.45) is 11.7 Å². The zero-order chi connectivity index (χ0) is 25.7. The minimum absolute atomic E-state index is 0.0902. The Kier molecular flexibility index (Phi) is 8.18. The standard InChI is InChI=1S/C25H32N4O6/c1-5-35-21-13-16(9-10-20(21)34-4)19(11-12-29(33)25(26)32)28-14-17-7-6-8-18(22(17)24(28)31)27-23(30)15(2)3/h6-10,13,15,19,33H,5,11-12,14H2,1-4H3,(H2,26,32)(H,27,30). The highest BCUT2D eigenvalue weighted by Gasteiger charge is 2.36. The van der Waals surface area contributed by atoms with Crippen molar-refractivity contribution in [3.05, 3.63) is 53.1 Å². The van der Waals surface area contributed by atoms with Gasteiger partial charge < -0.3 is 25.4 Å². The zero-order valence-corrected chi connectivity index (χ0v) is 20.4. The lowest BCUT2D eigenvalue weighted by Gasteiger charge is -2.30. The molecule has 2 aromatic carbocycles.